The number of carbonyl (C=O) groups excluding carboxylic acids is 2. The zero-order valence-corrected chi connectivity index (χ0v) is 23.5. The van der Waals surface area contributed by atoms with E-state index in [4.69, 9.17) is 27.5 Å². The lowest BCUT2D eigenvalue weighted by Gasteiger charge is -2.36. The van der Waals surface area contributed by atoms with Crippen LogP contribution < -0.4 is 26.0 Å². The van der Waals surface area contributed by atoms with Crippen molar-refractivity contribution >= 4 is 52.3 Å². The van der Waals surface area contributed by atoms with Crippen molar-refractivity contribution in [2.75, 3.05) is 48.3 Å². The molecule has 3 aromatic rings. The first-order valence-electron chi connectivity index (χ1n) is 13.0. The number of anilines is 3. The predicted molar refractivity (Wildman–Crippen MR) is 158 cm³/mol. The van der Waals surface area contributed by atoms with Crippen LogP contribution in [0.1, 0.15) is 28.4 Å². The second-order valence-corrected chi connectivity index (χ2v) is 10.0. The number of nitrogens with zero attached hydrogens (tertiary/aromatic N) is 2. The van der Waals surface area contributed by atoms with Gasteiger partial charge in [0, 0.05) is 73.2 Å². The van der Waals surface area contributed by atoms with Crippen LogP contribution in [0.25, 0.3) is 0 Å². The van der Waals surface area contributed by atoms with Gasteiger partial charge in [-0.2, -0.15) is 0 Å². The van der Waals surface area contributed by atoms with E-state index in [1.54, 1.807) is 41.3 Å². The van der Waals surface area contributed by atoms with Gasteiger partial charge in [-0.25, -0.2) is 9.18 Å². The molecule has 0 atom stereocenters. The standard InChI is InChI=1S/C29H30ClFN6O5/c1-17(38)36-8-10-37(11-9-36)25-14-21(31)12-19(27(25)42-16-26(39)40)15-34-24-7-4-20(30)13-23(24)29(41)35-22-5-2-18(3-6-22)28(32)33/h2-7,12-14,34H,8-11,15-16H2,1H3,(H3,32,33)(H,35,41)(H,39,40). The largest absolute Gasteiger partial charge is 0.479 e. The van der Waals surface area contributed by atoms with E-state index in [1.807, 2.05) is 4.90 Å². The summed E-state index contributed by atoms with van der Waals surface area (Å²) in [6, 6.07) is 13.6. The fourth-order valence-electron chi connectivity index (χ4n) is 4.54. The molecule has 13 heteroatoms. The number of nitrogens with two attached hydrogens (primary N) is 1. The molecule has 1 heterocycles. The summed E-state index contributed by atoms with van der Waals surface area (Å²) in [6.07, 6.45) is 0. The van der Waals surface area contributed by atoms with Gasteiger partial charge < -0.3 is 36.0 Å². The lowest BCUT2D eigenvalue weighted by molar-refractivity contribution is -0.139. The first-order chi connectivity index (χ1) is 20.0. The third-order valence-electron chi connectivity index (χ3n) is 6.67. The number of piperazine rings is 1. The average Bonchev–Trinajstić information content (AvgIpc) is 2.95. The number of aliphatic carboxylic acids is 1. The highest BCUT2D eigenvalue weighted by molar-refractivity contribution is 6.31. The molecule has 0 bridgehead atoms. The number of rotatable bonds is 10. The number of carboxylic acids is 1. The van der Waals surface area contributed by atoms with Crippen molar-refractivity contribution in [1.82, 2.24) is 4.90 Å². The van der Waals surface area contributed by atoms with Crippen molar-refractivity contribution in [3.05, 3.63) is 82.1 Å². The van der Waals surface area contributed by atoms with Crippen LogP contribution in [-0.4, -0.2) is 66.4 Å². The summed E-state index contributed by atoms with van der Waals surface area (Å²) in [5.41, 5.74) is 7.78. The first-order valence-corrected chi connectivity index (χ1v) is 13.4. The molecule has 0 aliphatic carbocycles. The maximum atomic E-state index is 14.9. The van der Waals surface area contributed by atoms with Gasteiger partial charge in [0.25, 0.3) is 5.91 Å². The molecule has 2 amide bonds. The van der Waals surface area contributed by atoms with Crippen molar-refractivity contribution < 1.29 is 28.6 Å². The molecule has 0 unspecified atom stereocenters. The van der Waals surface area contributed by atoms with Gasteiger partial charge in [0.05, 0.1) is 11.3 Å². The number of ether oxygens (including phenoxy) is 1. The Morgan fingerprint density at radius 3 is 2.38 bits per heavy atom. The van der Waals surface area contributed by atoms with E-state index in [0.29, 0.717) is 59.4 Å². The first kappa shape index (κ1) is 30.1. The van der Waals surface area contributed by atoms with E-state index < -0.39 is 24.3 Å². The van der Waals surface area contributed by atoms with Gasteiger partial charge in [0.15, 0.2) is 6.61 Å². The van der Waals surface area contributed by atoms with Crippen LogP contribution in [0, 0.1) is 11.2 Å². The number of amidine groups is 1. The molecule has 4 rings (SSSR count). The average molecular weight is 597 g/mol. The van der Waals surface area contributed by atoms with E-state index in [-0.39, 0.29) is 29.6 Å². The molecule has 11 nitrogen and oxygen atoms in total. The van der Waals surface area contributed by atoms with Gasteiger partial charge >= 0.3 is 5.97 Å². The second-order valence-electron chi connectivity index (χ2n) is 9.58. The van der Waals surface area contributed by atoms with Gasteiger partial charge in [-0.3, -0.25) is 15.0 Å². The van der Waals surface area contributed by atoms with E-state index in [0.717, 1.165) is 0 Å². The van der Waals surface area contributed by atoms with Gasteiger partial charge in [-0.15, -0.1) is 0 Å². The Hall–Kier alpha value is -4.84. The van der Waals surface area contributed by atoms with Crippen LogP contribution >= 0.6 is 11.6 Å². The van der Waals surface area contributed by atoms with E-state index in [2.05, 4.69) is 10.6 Å². The fraction of sp³-hybridized carbons (Fsp3) is 0.241. The molecule has 42 heavy (non-hydrogen) atoms. The maximum Gasteiger partial charge on any atom is 0.341 e. The highest BCUT2D eigenvalue weighted by Crippen LogP contribution is 2.35. The van der Waals surface area contributed by atoms with Crippen molar-refractivity contribution in [2.24, 2.45) is 5.73 Å². The van der Waals surface area contributed by atoms with Crippen LogP contribution in [0.4, 0.5) is 21.5 Å². The minimum Gasteiger partial charge on any atom is -0.479 e. The normalized spacial score (nSPS) is 12.9. The third kappa shape index (κ3) is 7.46. The minimum atomic E-state index is -1.20. The molecule has 6 N–H and O–H groups in total. The van der Waals surface area contributed by atoms with Gasteiger partial charge in [-0.05, 0) is 48.5 Å². The van der Waals surface area contributed by atoms with Gasteiger partial charge in [-0.1, -0.05) is 11.6 Å². The summed E-state index contributed by atoms with van der Waals surface area (Å²) in [7, 11) is 0. The number of carboxylic acid groups (broad SMARTS) is 1. The van der Waals surface area contributed by atoms with E-state index >= 15 is 0 Å². The molecule has 0 saturated carbocycles. The summed E-state index contributed by atoms with van der Waals surface area (Å²) in [5.74, 6) is -2.19. The van der Waals surface area contributed by atoms with Crippen LogP contribution in [0.3, 0.4) is 0 Å². The zero-order valence-electron chi connectivity index (χ0n) is 22.7. The van der Waals surface area contributed by atoms with Crippen LogP contribution in [0.15, 0.2) is 54.6 Å². The Morgan fingerprint density at radius 1 is 1.07 bits per heavy atom. The summed E-state index contributed by atoms with van der Waals surface area (Å²) in [5, 5.41) is 23.0. The summed E-state index contributed by atoms with van der Waals surface area (Å²) < 4.78 is 20.5. The minimum absolute atomic E-state index is 0.0116. The highest BCUT2D eigenvalue weighted by atomic mass is 35.5. The molecular formula is C29H30ClFN6O5. The number of nitrogens with one attached hydrogen (secondary N) is 3. The Morgan fingerprint density at radius 2 is 1.76 bits per heavy atom. The number of hydrogen-bond acceptors (Lipinski definition) is 7. The van der Waals surface area contributed by atoms with Gasteiger partial charge in [0.1, 0.15) is 17.4 Å². The smallest absolute Gasteiger partial charge is 0.341 e. The Balaban J connectivity index is 1.59. The maximum absolute atomic E-state index is 14.9. The lowest BCUT2D eigenvalue weighted by Crippen LogP contribution is -2.48. The Labute approximate surface area is 246 Å². The van der Waals surface area contributed by atoms with Crippen molar-refractivity contribution in [3.8, 4) is 5.75 Å². The molecule has 1 aliphatic heterocycles. The van der Waals surface area contributed by atoms with Crippen LogP contribution in [0.5, 0.6) is 5.75 Å². The monoisotopic (exact) mass is 596 g/mol. The Bertz CT molecular complexity index is 1510. The number of halogens is 2. The van der Waals surface area contributed by atoms with E-state index in [1.165, 1.54) is 25.1 Å². The topological polar surface area (TPSA) is 161 Å². The second kappa shape index (κ2) is 13.2. The molecular weight excluding hydrogens is 567 g/mol. The molecule has 0 spiro atoms. The van der Waals surface area contributed by atoms with E-state index in [9.17, 15) is 23.9 Å². The van der Waals surface area contributed by atoms with Crippen LogP contribution in [-0.2, 0) is 16.1 Å². The van der Waals surface area contributed by atoms with Crippen molar-refractivity contribution in [3.63, 3.8) is 0 Å². The lowest BCUT2D eigenvalue weighted by atomic mass is 10.1. The Kier molecular flexibility index (Phi) is 9.48. The molecule has 1 saturated heterocycles. The highest BCUT2D eigenvalue weighted by Gasteiger charge is 2.24. The predicted octanol–water partition coefficient (Wildman–Crippen LogP) is 3.76. The number of nitrogen functional groups attached to an aromatic ring is 1. The molecule has 1 aliphatic rings. The SMILES string of the molecule is CC(=O)N1CCN(c2cc(F)cc(CNc3ccc(Cl)cc3C(=O)Nc3ccc(C(=N)N)cc3)c2OCC(=O)O)CC1. The summed E-state index contributed by atoms with van der Waals surface area (Å²) in [4.78, 5) is 39.8. The number of benzene rings is 3. The third-order valence-corrected chi connectivity index (χ3v) is 6.90. The number of hydrogen-bond donors (Lipinski definition) is 5. The molecule has 3 aromatic carbocycles. The molecule has 220 valence electrons. The number of carbonyl (C=O) groups is 3. The number of amides is 2. The zero-order chi connectivity index (χ0) is 30.4. The molecule has 0 aromatic heterocycles. The van der Waals surface area contributed by atoms with Crippen molar-refractivity contribution in [2.45, 2.75) is 13.5 Å². The summed E-state index contributed by atoms with van der Waals surface area (Å²) in [6.45, 7) is 2.51. The van der Waals surface area contributed by atoms with Crippen molar-refractivity contribution in [1.29, 1.82) is 5.41 Å². The fourth-order valence-corrected chi connectivity index (χ4v) is 4.72. The quantitative estimate of drug-likeness (QED) is 0.175. The molecule has 1 fully saturated rings. The van der Waals surface area contributed by atoms with Gasteiger partial charge in [0.2, 0.25) is 5.91 Å². The summed E-state index contributed by atoms with van der Waals surface area (Å²) >= 11 is 6.19. The van der Waals surface area contributed by atoms with Crippen LogP contribution in [0.2, 0.25) is 5.02 Å². The molecule has 0 radical (unpaired) electrons.